The SMILES string of the molecule is NS(=O)(=O)c1cc2ccc(O)cc2c(S(N)(=O)=O)c1-c1ccc(Cl)cc1C(F)(F)F. The first kappa shape index (κ1) is 22.3. The summed E-state index contributed by atoms with van der Waals surface area (Å²) >= 11 is 5.67. The van der Waals surface area contributed by atoms with Gasteiger partial charge < -0.3 is 5.11 Å². The van der Waals surface area contributed by atoms with Gasteiger partial charge in [0.1, 0.15) is 5.75 Å². The first-order valence-corrected chi connectivity index (χ1v) is 11.3. The van der Waals surface area contributed by atoms with Gasteiger partial charge in [-0.2, -0.15) is 13.2 Å². The standard InChI is InChI=1S/C17H12ClF3N2O5S2/c18-9-2-4-11(13(6-9)17(19,20)21)15-14(29(22,25)26)5-8-1-3-10(24)7-12(8)16(15)30(23,27)28/h1-7,24H,(H2,22,25,26)(H2,23,27,28). The number of alkyl halides is 3. The van der Waals surface area contributed by atoms with Gasteiger partial charge in [-0.15, -0.1) is 0 Å². The predicted molar refractivity (Wildman–Crippen MR) is 104 cm³/mol. The van der Waals surface area contributed by atoms with Gasteiger partial charge in [0.25, 0.3) is 0 Å². The molecule has 7 nitrogen and oxygen atoms in total. The molecule has 3 aromatic rings. The summed E-state index contributed by atoms with van der Waals surface area (Å²) in [6, 6.07) is 6.51. The van der Waals surface area contributed by atoms with Crippen LogP contribution in [0.2, 0.25) is 5.02 Å². The molecule has 160 valence electrons. The Morgan fingerprint density at radius 3 is 2.07 bits per heavy atom. The van der Waals surface area contributed by atoms with Crippen LogP contribution in [0.15, 0.2) is 52.3 Å². The molecule has 0 heterocycles. The van der Waals surface area contributed by atoms with E-state index in [-0.39, 0.29) is 15.8 Å². The zero-order valence-electron chi connectivity index (χ0n) is 14.6. The number of sulfonamides is 2. The summed E-state index contributed by atoms with van der Waals surface area (Å²) in [5.41, 5.74) is -3.09. The van der Waals surface area contributed by atoms with Gasteiger partial charge in [0.15, 0.2) is 0 Å². The highest BCUT2D eigenvalue weighted by Gasteiger charge is 2.37. The van der Waals surface area contributed by atoms with Gasteiger partial charge in [0.2, 0.25) is 20.0 Å². The van der Waals surface area contributed by atoms with Crippen molar-refractivity contribution in [1.29, 1.82) is 0 Å². The Hall–Kier alpha value is -2.38. The lowest BCUT2D eigenvalue weighted by molar-refractivity contribution is -0.137. The zero-order valence-corrected chi connectivity index (χ0v) is 17.0. The number of fused-ring (bicyclic) bond motifs is 1. The molecule has 0 atom stereocenters. The van der Waals surface area contributed by atoms with Gasteiger partial charge in [-0.3, -0.25) is 0 Å². The highest BCUT2D eigenvalue weighted by molar-refractivity contribution is 7.90. The number of benzene rings is 3. The lowest BCUT2D eigenvalue weighted by Gasteiger charge is -2.20. The van der Waals surface area contributed by atoms with Crippen molar-refractivity contribution in [3.8, 4) is 16.9 Å². The number of nitrogens with two attached hydrogens (primary N) is 2. The molecule has 0 radical (unpaired) electrons. The molecule has 0 fully saturated rings. The number of primary sulfonamides is 2. The van der Waals surface area contributed by atoms with Crippen molar-refractivity contribution in [2.45, 2.75) is 16.0 Å². The molecule has 0 aliphatic heterocycles. The lowest BCUT2D eigenvalue weighted by Crippen LogP contribution is -2.20. The van der Waals surface area contributed by atoms with Gasteiger partial charge in [-0.05, 0) is 41.3 Å². The molecule has 3 aromatic carbocycles. The fourth-order valence-corrected chi connectivity index (χ4v) is 5.08. The van der Waals surface area contributed by atoms with E-state index in [1.165, 1.54) is 6.07 Å². The van der Waals surface area contributed by atoms with Crippen LogP contribution in [0, 0.1) is 0 Å². The van der Waals surface area contributed by atoms with Crippen LogP contribution in [0.4, 0.5) is 13.2 Å². The fraction of sp³-hybridized carbons (Fsp3) is 0.0588. The van der Waals surface area contributed by atoms with Crippen LogP contribution in [0.3, 0.4) is 0 Å². The Balaban J connectivity index is 2.71. The van der Waals surface area contributed by atoms with Crippen LogP contribution in [-0.4, -0.2) is 21.9 Å². The van der Waals surface area contributed by atoms with E-state index in [1.807, 2.05) is 0 Å². The topological polar surface area (TPSA) is 141 Å². The monoisotopic (exact) mass is 480 g/mol. The maximum atomic E-state index is 13.7. The van der Waals surface area contributed by atoms with Crippen molar-refractivity contribution in [2.75, 3.05) is 0 Å². The number of halogens is 4. The van der Waals surface area contributed by atoms with Crippen molar-refractivity contribution in [3.63, 3.8) is 0 Å². The summed E-state index contributed by atoms with van der Waals surface area (Å²) in [7, 11) is -9.53. The summed E-state index contributed by atoms with van der Waals surface area (Å²) in [6.45, 7) is 0. The van der Waals surface area contributed by atoms with Gasteiger partial charge >= 0.3 is 6.18 Å². The third-order valence-electron chi connectivity index (χ3n) is 4.19. The van der Waals surface area contributed by atoms with E-state index in [2.05, 4.69) is 0 Å². The van der Waals surface area contributed by atoms with Crippen LogP contribution in [-0.2, 0) is 26.2 Å². The highest BCUT2D eigenvalue weighted by Crippen LogP contribution is 2.45. The smallest absolute Gasteiger partial charge is 0.417 e. The van der Waals surface area contributed by atoms with Crippen molar-refractivity contribution in [2.24, 2.45) is 10.3 Å². The molecule has 0 spiro atoms. The van der Waals surface area contributed by atoms with E-state index >= 15 is 0 Å². The maximum absolute atomic E-state index is 13.7. The number of hydrogen-bond donors (Lipinski definition) is 3. The summed E-state index contributed by atoms with van der Waals surface area (Å²) in [4.78, 5) is -1.83. The summed E-state index contributed by atoms with van der Waals surface area (Å²) in [5.74, 6) is -0.422. The molecule has 0 amide bonds. The van der Waals surface area contributed by atoms with Crippen LogP contribution < -0.4 is 10.3 Å². The van der Waals surface area contributed by atoms with Gasteiger partial charge in [0.05, 0.1) is 15.4 Å². The molecule has 13 heteroatoms. The molecule has 0 aliphatic carbocycles. The second-order valence-corrected chi connectivity index (χ2v) is 9.73. The molecule has 5 N–H and O–H groups in total. The molecule has 0 aromatic heterocycles. The normalized spacial score (nSPS) is 13.0. The third-order valence-corrected chi connectivity index (χ3v) is 6.35. The minimum absolute atomic E-state index is 0.0351. The van der Waals surface area contributed by atoms with Gasteiger partial charge in [-0.25, -0.2) is 27.1 Å². The molecule has 0 unspecified atom stereocenters. The van der Waals surface area contributed by atoms with E-state index in [1.54, 1.807) is 0 Å². The second-order valence-electron chi connectivity index (χ2n) is 6.26. The molecular weight excluding hydrogens is 469 g/mol. The molecule has 3 rings (SSSR count). The quantitative estimate of drug-likeness (QED) is 0.528. The second kappa shape index (κ2) is 7.10. The molecule has 0 saturated heterocycles. The van der Waals surface area contributed by atoms with Crippen molar-refractivity contribution in [1.82, 2.24) is 0 Å². The number of phenols is 1. The fourth-order valence-electron chi connectivity index (χ4n) is 3.07. The number of aromatic hydroxyl groups is 1. The highest BCUT2D eigenvalue weighted by atomic mass is 35.5. The Bertz CT molecular complexity index is 1410. The van der Waals surface area contributed by atoms with Gasteiger partial charge in [0, 0.05) is 16.0 Å². The average Bonchev–Trinajstić information content (AvgIpc) is 2.57. The third kappa shape index (κ3) is 4.09. The predicted octanol–water partition coefficient (Wildman–Crippen LogP) is 3.18. The number of rotatable bonds is 3. The van der Waals surface area contributed by atoms with Crippen LogP contribution >= 0.6 is 11.6 Å². The lowest BCUT2D eigenvalue weighted by atomic mass is 9.96. The minimum Gasteiger partial charge on any atom is -0.508 e. The first-order chi connectivity index (χ1) is 13.6. The maximum Gasteiger partial charge on any atom is 0.417 e. The van der Waals surface area contributed by atoms with Crippen molar-refractivity contribution in [3.05, 3.63) is 53.1 Å². The Morgan fingerprint density at radius 1 is 0.900 bits per heavy atom. The zero-order chi connectivity index (χ0) is 22.6. The number of hydrogen-bond acceptors (Lipinski definition) is 5. The van der Waals surface area contributed by atoms with Crippen molar-refractivity contribution >= 4 is 42.4 Å². The van der Waals surface area contributed by atoms with Crippen LogP contribution in [0.25, 0.3) is 21.9 Å². The Kier molecular flexibility index (Phi) is 5.28. The van der Waals surface area contributed by atoms with E-state index in [4.69, 9.17) is 21.9 Å². The number of phenolic OH excluding ortho intramolecular Hbond substituents is 1. The molecular formula is C17H12ClF3N2O5S2. The Labute approximate surface area is 173 Å². The van der Waals surface area contributed by atoms with Gasteiger partial charge in [-0.1, -0.05) is 23.7 Å². The summed E-state index contributed by atoms with van der Waals surface area (Å²) < 4.78 is 90.4. The molecule has 0 aliphatic rings. The first-order valence-electron chi connectivity index (χ1n) is 7.83. The molecule has 0 bridgehead atoms. The Morgan fingerprint density at radius 2 is 1.53 bits per heavy atom. The molecule has 0 saturated carbocycles. The van der Waals surface area contributed by atoms with Crippen molar-refractivity contribution < 1.29 is 35.1 Å². The van der Waals surface area contributed by atoms with E-state index in [0.29, 0.717) is 6.07 Å². The van der Waals surface area contributed by atoms with E-state index < -0.39 is 58.5 Å². The minimum atomic E-state index is -5.03. The largest absolute Gasteiger partial charge is 0.508 e. The van der Waals surface area contributed by atoms with E-state index in [9.17, 15) is 35.1 Å². The molecule has 30 heavy (non-hydrogen) atoms. The van der Waals surface area contributed by atoms with Crippen LogP contribution in [0.1, 0.15) is 5.56 Å². The average molecular weight is 481 g/mol. The van der Waals surface area contributed by atoms with E-state index in [0.717, 1.165) is 30.3 Å². The summed E-state index contributed by atoms with van der Waals surface area (Å²) in [6.07, 6.45) is -5.03. The van der Waals surface area contributed by atoms with Crippen LogP contribution in [0.5, 0.6) is 5.75 Å². The summed E-state index contributed by atoms with van der Waals surface area (Å²) in [5, 5.41) is 19.6.